The number of methoxy groups -OCH3 is 1. The van der Waals surface area contributed by atoms with Crippen molar-refractivity contribution in [2.24, 2.45) is 0 Å². The lowest BCUT2D eigenvalue weighted by Gasteiger charge is -2.01. The molecule has 6 heteroatoms. The molecule has 0 fully saturated rings. The van der Waals surface area contributed by atoms with E-state index in [9.17, 15) is 0 Å². The Morgan fingerprint density at radius 2 is 2.22 bits per heavy atom. The maximum Gasteiger partial charge on any atom is 0.125 e. The first-order valence-electron chi connectivity index (χ1n) is 5.67. The monoisotopic (exact) mass is 346 g/mol. The second-order valence-corrected chi connectivity index (χ2v) is 6.23. The van der Waals surface area contributed by atoms with E-state index in [0.29, 0.717) is 0 Å². The number of rotatable bonds is 7. The second-order valence-electron chi connectivity index (χ2n) is 3.77. The number of nitrogens with zero attached hydrogens (tertiary/aromatic N) is 1. The summed E-state index contributed by atoms with van der Waals surface area (Å²) in [5.41, 5.74) is 2.35. The fourth-order valence-corrected chi connectivity index (χ4v) is 4.05. The van der Waals surface area contributed by atoms with Crippen molar-refractivity contribution in [2.45, 2.75) is 6.42 Å². The Morgan fingerprint density at radius 3 is 2.94 bits per heavy atom. The van der Waals surface area contributed by atoms with Crippen molar-refractivity contribution in [2.75, 3.05) is 26.8 Å². The van der Waals surface area contributed by atoms with Crippen LogP contribution < -0.4 is 5.32 Å². The van der Waals surface area contributed by atoms with Gasteiger partial charge in [0.15, 0.2) is 0 Å². The second kappa shape index (κ2) is 7.35. The average Bonchev–Trinajstić information content (AvgIpc) is 2.97. The molecule has 98 valence electrons. The summed E-state index contributed by atoms with van der Waals surface area (Å²) in [7, 11) is 1.72. The molecule has 0 spiro atoms. The number of hydrogen-bond donors (Lipinski definition) is 1. The van der Waals surface area contributed by atoms with Crippen LogP contribution in [0.1, 0.15) is 5.69 Å². The molecule has 0 aliphatic heterocycles. The van der Waals surface area contributed by atoms with Gasteiger partial charge in [0.1, 0.15) is 5.01 Å². The highest BCUT2D eigenvalue weighted by molar-refractivity contribution is 9.10. The van der Waals surface area contributed by atoms with Crippen molar-refractivity contribution in [1.82, 2.24) is 10.3 Å². The van der Waals surface area contributed by atoms with Crippen LogP contribution in [0, 0.1) is 0 Å². The smallest absolute Gasteiger partial charge is 0.125 e. The Kier molecular flexibility index (Phi) is 5.78. The summed E-state index contributed by atoms with van der Waals surface area (Å²) in [6, 6.07) is 0. The van der Waals surface area contributed by atoms with E-state index in [-0.39, 0.29) is 0 Å². The van der Waals surface area contributed by atoms with Gasteiger partial charge in [-0.15, -0.1) is 11.3 Å². The quantitative estimate of drug-likeness (QED) is 0.780. The first kappa shape index (κ1) is 14.1. The third-order valence-corrected chi connectivity index (χ3v) is 5.06. The number of thiophene rings is 1. The number of hydrogen-bond acceptors (Lipinski definition) is 5. The number of nitrogens with one attached hydrogen (secondary N) is 1. The van der Waals surface area contributed by atoms with Crippen LogP contribution in [-0.4, -0.2) is 31.8 Å². The van der Waals surface area contributed by atoms with Crippen LogP contribution in [0.15, 0.2) is 20.6 Å². The number of halogens is 1. The molecule has 18 heavy (non-hydrogen) atoms. The molecular weight excluding hydrogens is 332 g/mol. The van der Waals surface area contributed by atoms with E-state index in [1.807, 2.05) is 0 Å². The molecule has 0 bridgehead atoms. The van der Waals surface area contributed by atoms with Gasteiger partial charge < -0.3 is 10.1 Å². The van der Waals surface area contributed by atoms with Gasteiger partial charge in [-0.2, -0.15) is 11.3 Å². The molecule has 3 nitrogen and oxygen atoms in total. The molecule has 2 rings (SSSR count). The minimum absolute atomic E-state index is 0.754. The molecular formula is C12H15BrN2OS2. The Hall–Kier alpha value is -0.270. The normalized spacial score (nSPS) is 11.0. The Bertz CT molecular complexity index is 484. The molecule has 0 amide bonds. The standard InChI is InChI=1S/C12H15BrN2OS2/c1-16-5-4-14-3-2-9-6-18-12(15-9)10-7-17-8-11(10)13/h6-8,14H,2-5H2,1H3. The molecule has 0 radical (unpaired) electrons. The van der Waals surface area contributed by atoms with Gasteiger partial charge in [0, 0.05) is 52.8 Å². The summed E-state index contributed by atoms with van der Waals surface area (Å²) in [6.07, 6.45) is 0.960. The van der Waals surface area contributed by atoms with E-state index in [4.69, 9.17) is 4.74 Å². The molecule has 1 N–H and O–H groups in total. The lowest BCUT2D eigenvalue weighted by atomic mass is 10.3. The van der Waals surface area contributed by atoms with Crippen molar-refractivity contribution < 1.29 is 4.74 Å². The fraction of sp³-hybridized carbons (Fsp3) is 0.417. The van der Waals surface area contributed by atoms with Gasteiger partial charge >= 0.3 is 0 Å². The Labute approximate surface area is 123 Å². The largest absolute Gasteiger partial charge is 0.383 e. The summed E-state index contributed by atoms with van der Waals surface area (Å²) in [6.45, 7) is 2.59. The number of aromatic nitrogens is 1. The fourth-order valence-electron chi connectivity index (χ4n) is 1.50. The van der Waals surface area contributed by atoms with Gasteiger partial charge in [-0.3, -0.25) is 0 Å². The topological polar surface area (TPSA) is 34.1 Å². The minimum Gasteiger partial charge on any atom is -0.383 e. The summed E-state index contributed by atoms with van der Waals surface area (Å²) in [5.74, 6) is 0. The first-order valence-corrected chi connectivity index (χ1v) is 8.29. The Balaban J connectivity index is 1.85. The van der Waals surface area contributed by atoms with Gasteiger partial charge in [-0.1, -0.05) is 0 Å². The molecule has 2 aromatic rings. The highest BCUT2D eigenvalue weighted by atomic mass is 79.9. The van der Waals surface area contributed by atoms with Crippen molar-refractivity contribution >= 4 is 38.6 Å². The van der Waals surface area contributed by atoms with Gasteiger partial charge in [0.25, 0.3) is 0 Å². The lowest BCUT2D eigenvalue weighted by Crippen LogP contribution is -2.21. The van der Waals surface area contributed by atoms with E-state index in [0.717, 1.165) is 41.3 Å². The Morgan fingerprint density at radius 1 is 1.33 bits per heavy atom. The predicted octanol–water partition coefficient (Wildman–Crippen LogP) is 3.41. The molecule has 0 saturated heterocycles. The van der Waals surface area contributed by atoms with Crippen LogP contribution in [0.25, 0.3) is 10.6 Å². The third-order valence-electron chi connectivity index (χ3n) is 2.44. The summed E-state index contributed by atoms with van der Waals surface area (Å²) < 4.78 is 6.11. The van der Waals surface area contributed by atoms with E-state index in [1.165, 1.54) is 5.56 Å². The molecule has 2 heterocycles. The van der Waals surface area contributed by atoms with Crippen molar-refractivity contribution in [3.63, 3.8) is 0 Å². The zero-order valence-corrected chi connectivity index (χ0v) is 13.3. The maximum atomic E-state index is 4.98. The number of ether oxygens (including phenoxy) is 1. The summed E-state index contributed by atoms with van der Waals surface area (Å²) >= 11 is 6.94. The molecule has 0 unspecified atom stereocenters. The van der Waals surface area contributed by atoms with Gasteiger partial charge in [-0.05, 0) is 15.9 Å². The van der Waals surface area contributed by atoms with E-state index in [1.54, 1.807) is 29.8 Å². The average molecular weight is 347 g/mol. The van der Waals surface area contributed by atoms with Crippen LogP contribution in [0.3, 0.4) is 0 Å². The van der Waals surface area contributed by atoms with Crippen molar-refractivity contribution in [3.05, 3.63) is 26.3 Å². The molecule has 0 saturated carbocycles. The zero-order chi connectivity index (χ0) is 12.8. The van der Waals surface area contributed by atoms with Crippen molar-refractivity contribution in [3.8, 4) is 10.6 Å². The number of thiazole rings is 1. The molecule has 2 aromatic heterocycles. The SMILES string of the molecule is COCCNCCc1csc(-c2cscc2Br)n1. The predicted molar refractivity (Wildman–Crippen MR) is 81.6 cm³/mol. The molecule has 0 aliphatic rings. The third kappa shape index (κ3) is 3.86. The van der Waals surface area contributed by atoms with Crippen LogP contribution in [0.4, 0.5) is 0 Å². The maximum absolute atomic E-state index is 4.98. The van der Waals surface area contributed by atoms with Crippen LogP contribution >= 0.6 is 38.6 Å². The van der Waals surface area contributed by atoms with Crippen LogP contribution in [-0.2, 0) is 11.2 Å². The highest BCUT2D eigenvalue weighted by Gasteiger charge is 2.08. The van der Waals surface area contributed by atoms with Crippen LogP contribution in [0.2, 0.25) is 0 Å². The lowest BCUT2D eigenvalue weighted by molar-refractivity contribution is 0.199. The van der Waals surface area contributed by atoms with Crippen molar-refractivity contribution in [1.29, 1.82) is 0 Å². The van der Waals surface area contributed by atoms with E-state index in [2.05, 4.69) is 42.4 Å². The highest BCUT2D eigenvalue weighted by Crippen LogP contribution is 2.33. The van der Waals surface area contributed by atoms with Gasteiger partial charge in [-0.25, -0.2) is 4.98 Å². The van der Waals surface area contributed by atoms with E-state index >= 15 is 0 Å². The summed E-state index contributed by atoms with van der Waals surface area (Å²) in [4.78, 5) is 4.66. The molecule has 0 aromatic carbocycles. The van der Waals surface area contributed by atoms with Gasteiger partial charge in [0.2, 0.25) is 0 Å². The van der Waals surface area contributed by atoms with E-state index < -0.39 is 0 Å². The zero-order valence-electron chi connectivity index (χ0n) is 10.1. The van der Waals surface area contributed by atoms with Crippen LogP contribution in [0.5, 0.6) is 0 Å². The molecule has 0 aliphatic carbocycles. The minimum atomic E-state index is 0.754. The first-order chi connectivity index (χ1) is 8.81. The summed E-state index contributed by atoms with van der Waals surface area (Å²) in [5, 5.41) is 10.8. The van der Waals surface area contributed by atoms with Gasteiger partial charge in [0.05, 0.1) is 12.3 Å². The molecule has 0 atom stereocenters.